The zero-order chi connectivity index (χ0) is 21.8. The number of nitrogens with one attached hydrogen (secondary N) is 2. The van der Waals surface area contributed by atoms with Gasteiger partial charge in [0, 0.05) is 55.9 Å². The third-order valence-electron chi connectivity index (χ3n) is 5.88. The van der Waals surface area contributed by atoms with Gasteiger partial charge in [0.15, 0.2) is 0 Å². The van der Waals surface area contributed by atoms with Gasteiger partial charge in [-0.05, 0) is 55.4 Å². The Morgan fingerprint density at radius 3 is 2.19 bits per heavy atom. The van der Waals surface area contributed by atoms with Gasteiger partial charge in [-0.25, -0.2) is 4.79 Å². The van der Waals surface area contributed by atoms with Gasteiger partial charge in [-0.1, -0.05) is 19.1 Å². The summed E-state index contributed by atoms with van der Waals surface area (Å²) in [6, 6.07) is 15.1. The van der Waals surface area contributed by atoms with E-state index < -0.39 is 0 Å². The zero-order valence-corrected chi connectivity index (χ0v) is 18.1. The Morgan fingerprint density at radius 2 is 1.61 bits per heavy atom. The first-order valence-electron chi connectivity index (χ1n) is 10.8. The topological polar surface area (TPSA) is 73.4 Å². The molecule has 0 bridgehead atoms. The Kier molecular flexibility index (Phi) is 6.34. The highest BCUT2D eigenvalue weighted by molar-refractivity contribution is 6.04. The van der Waals surface area contributed by atoms with Gasteiger partial charge in [0.2, 0.25) is 0 Å². The van der Waals surface area contributed by atoms with E-state index in [1.807, 2.05) is 19.1 Å². The standard InChI is InChI=1S/C24H29N5O2/c1-3-27-12-14-28(15-13-27)17-19-4-8-21(9-5-19)26-23(30)20-6-10-22(11-7-20)29-18(2)16-25-24(29)31/h4-11,16H,3,12-15,17H2,1-2H3,(H,25,31)(H,26,30). The van der Waals surface area contributed by atoms with Gasteiger partial charge in [-0.15, -0.1) is 0 Å². The van der Waals surface area contributed by atoms with Crippen LogP contribution in [-0.4, -0.2) is 58.0 Å². The first-order valence-corrected chi connectivity index (χ1v) is 10.8. The molecule has 0 spiro atoms. The molecule has 1 fully saturated rings. The van der Waals surface area contributed by atoms with Gasteiger partial charge < -0.3 is 15.2 Å². The number of aromatic nitrogens is 2. The molecular weight excluding hydrogens is 390 g/mol. The molecule has 1 aliphatic heterocycles. The van der Waals surface area contributed by atoms with Crippen LogP contribution in [0, 0.1) is 6.92 Å². The number of imidazole rings is 1. The zero-order valence-electron chi connectivity index (χ0n) is 18.1. The smallest absolute Gasteiger partial charge is 0.322 e. The predicted octanol–water partition coefficient (Wildman–Crippen LogP) is 2.86. The monoisotopic (exact) mass is 419 g/mol. The van der Waals surface area contributed by atoms with Crippen LogP contribution in [0.15, 0.2) is 59.5 Å². The van der Waals surface area contributed by atoms with Gasteiger partial charge in [0.25, 0.3) is 5.91 Å². The summed E-state index contributed by atoms with van der Waals surface area (Å²) >= 11 is 0. The van der Waals surface area contributed by atoms with Gasteiger partial charge in [-0.3, -0.25) is 14.3 Å². The second-order valence-electron chi connectivity index (χ2n) is 7.98. The Balaban J connectivity index is 1.35. The third-order valence-corrected chi connectivity index (χ3v) is 5.88. The highest BCUT2D eigenvalue weighted by atomic mass is 16.2. The van der Waals surface area contributed by atoms with Crippen LogP contribution in [0.1, 0.15) is 28.5 Å². The maximum absolute atomic E-state index is 12.6. The summed E-state index contributed by atoms with van der Waals surface area (Å²) in [5, 5.41) is 2.95. The van der Waals surface area contributed by atoms with Crippen LogP contribution in [-0.2, 0) is 6.54 Å². The second kappa shape index (κ2) is 9.32. The predicted molar refractivity (Wildman–Crippen MR) is 123 cm³/mol. The fraction of sp³-hybridized carbons (Fsp3) is 0.333. The van der Waals surface area contributed by atoms with E-state index in [4.69, 9.17) is 0 Å². The highest BCUT2D eigenvalue weighted by Gasteiger charge is 2.15. The number of hydrogen-bond donors (Lipinski definition) is 2. The number of benzene rings is 2. The normalized spacial score (nSPS) is 15.2. The van der Waals surface area contributed by atoms with Crippen molar-refractivity contribution in [3.63, 3.8) is 0 Å². The Labute approximate surface area is 182 Å². The number of carbonyl (C=O) groups is 1. The molecule has 0 radical (unpaired) electrons. The van der Waals surface area contributed by atoms with Crippen molar-refractivity contribution in [3.05, 3.63) is 82.0 Å². The lowest BCUT2D eigenvalue weighted by Gasteiger charge is -2.34. The molecule has 162 valence electrons. The fourth-order valence-corrected chi connectivity index (χ4v) is 3.96. The molecule has 1 aromatic heterocycles. The number of anilines is 1. The average molecular weight is 420 g/mol. The van der Waals surface area contributed by atoms with E-state index in [-0.39, 0.29) is 11.6 Å². The first kappa shape index (κ1) is 21.1. The van der Waals surface area contributed by atoms with Crippen LogP contribution in [0.2, 0.25) is 0 Å². The first-order chi connectivity index (χ1) is 15.0. The molecule has 0 unspecified atom stereocenters. The van der Waals surface area contributed by atoms with Crippen LogP contribution in [0.3, 0.4) is 0 Å². The SMILES string of the molecule is CCN1CCN(Cc2ccc(NC(=O)c3ccc(-n4c(C)c[nH]c4=O)cc3)cc2)CC1. The van der Waals surface area contributed by atoms with Crippen LogP contribution in [0.25, 0.3) is 5.69 Å². The molecule has 0 atom stereocenters. The summed E-state index contributed by atoms with van der Waals surface area (Å²) in [6.45, 7) is 10.6. The maximum atomic E-state index is 12.6. The lowest BCUT2D eigenvalue weighted by molar-refractivity contribution is 0.102. The molecule has 31 heavy (non-hydrogen) atoms. The van der Waals surface area contributed by atoms with Crippen LogP contribution in [0.5, 0.6) is 0 Å². The molecule has 2 aromatic carbocycles. The van der Waals surface area contributed by atoms with Crippen molar-refractivity contribution in [2.45, 2.75) is 20.4 Å². The van der Waals surface area contributed by atoms with Gasteiger partial charge >= 0.3 is 5.69 Å². The van der Waals surface area contributed by atoms with E-state index >= 15 is 0 Å². The largest absolute Gasteiger partial charge is 0.330 e. The summed E-state index contributed by atoms with van der Waals surface area (Å²) in [4.78, 5) is 32.1. The molecule has 7 nitrogen and oxygen atoms in total. The van der Waals surface area contributed by atoms with Crippen molar-refractivity contribution >= 4 is 11.6 Å². The number of H-pyrrole nitrogens is 1. The number of nitrogens with zero attached hydrogens (tertiary/aromatic N) is 3. The average Bonchev–Trinajstić information content (AvgIpc) is 3.13. The van der Waals surface area contributed by atoms with E-state index in [0.717, 1.165) is 56.3 Å². The molecule has 2 N–H and O–H groups in total. The Hall–Kier alpha value is -3.16. The van der Waals surface area contributed by atoms with E-state index in [9.17, 15) is 9.59 Å². The number of piperazine rings is 1. The highest BCUT2D eigenvalue weighted by Crippen LogP contribution is 2.15. The van der Waals surface area contributed by atoms with Gasteiger partial charge in [-0.2, -0.15) is 0 Å². The summed E-state index contributed by atoms with van der Waals surface area (Å²) < 4.78 is 1.57. The van der Waals surface area contributed by atoms with E-state index in [1.54, 1.807) is 35.0 Å². The lowest BCUT2D eigenvalue weighted by Crippen LogP contribution is -2.45. The quantitative estimate of drug-likeness (QED) is 0.644. The third kappa shape index (κ3) is 4.95. The van der Waals surface area contributed by atoms with Crippen molar-refractivity contribution in [2.75, 3.05) is 38.0 Å². The summed E-state index contributed by atoms with van der Waals surface area (Å²) in [5.41, 5.74) is 3.91. The number of rotatable bonds is 6. The van der Waals surface area contributed by atoms with Crippen LogP contribution in [0.4, 0.5) is 5.69 Å². The minimum Gasteiger partial charge on any atom is -0.322 e. The van der Waals surface area contributed by atoms with Crippen molar-refractivity contribution in [3.8, 4) is 5.69 Å². The van der Waals surface area contributed by atoms with Crippen molar-refractivity contribution in [2.24, 2.45) is 0 Å². The molecule has 1 aliphatic rings. The molecule has 2 heterocycles. The van der Waals surface area contributed by atoms with Crippen LogP contribution >= 0.6 is 0 Å². The van der Waals surface area contributed by atoms with Crippen molar-refractivity contribution in [1.82, 2.24) is 19.4 Å². The molecule has 0 aliphatic carbocycles. The van der Waals surface area contributed by atoms with E-state index in [0.29, 0.717) is 5.56 Å². The molecule has 1 amide bonds. The number of aromatic amines is 1. The lowest BCUT2D eigenvalue weighted by atomic mass is 10.1. The number of amides is 1. The number of hydrogen-bond acceptors (Lipinski definition) is 4. The summed E-state index contributed by atoms with van der Waals surface area (Å²) in [5.74, 6) is -0.173. The van der Waals surface area contributed by atoms with E-state index in [2.05, 4.69) is 39.2 Å². The molecule has 1 saturated heterocycles. The molecule has 7 heteroatoms. The van der Waals surface area contributed by atoms with Gasteiger partial charge in [0.05, 0.1) is 5.69 Å². The molecular formula is C24H29N5O2. The molecule has 0 saturated carbocycles. The summed E-state index contributed by atoms with van der Waals surface area (Å²) in [6.07, 6.45) is 1.66. The van der Waals surface area contributed by atoms with Gasteiger partial charge in [0.1, 0.15) is 0 Å². The second-order valence-corrected chi connectivity index (χ2v) is 7.98. The summed E-state index contributed by atoms with van der Waals surface area (Å²) in [7, 11) is 0. The molecule has 4 rings (SSSR count). The fourth-order valence-electron chi connectivity index (χ4n) is 3.96. The van der Waals surface area contributed by atoms with Crippen molar-refractivity contribution in [1.29, 1.82) is 0 Å². The Morgan fingerprint density at radius 1 is 0.968 bits per heavy atom. The maximum Gasteiger partial charge on any atom is 0.330 e. The number of aryl methyl sites for hydroxylation is 1. The number of carbonyl (C=O) groups excluding carboxylic acids is 1. The minimum atomic E-state index is -0.193. The number of likely N-dealkylation sites (N-methyl/N-ethyl adjacent to an activating group) is 1. The minimum absolute atomic E-state index is 0.173. The van der Waals surface area contributed by atoms with Crippen LogP contribution < -0.4 is 11.0 Å². The molecule has 3 aromatic rings. The van der Waals surface area contributed by atoms with E-state index in [1.165, 1.54) is 5.56 Å². The van der Waals surface area contributed by atoms with Crippen molar-refractivity contribution < 1.29 is 4.79 Å². The Bertz CT molecular complexity index is 1070.